The van der Waals surface area contributed by atoms with E-state index in [4.69, 9.17) is 0 Å². The van der Waals surface area contributed by atoms with Crippen molar-refractivity contribution >= 4 is 5.97 Å². The summed E-state index contributed by atoms with van der Waals surface area (Å²) in [5.74, 6) is 0.818. The number of hydrogen-bond donors (Lipinski definition) is 1. The van der Waals surface area contributed by atoms with Gasteiger partial charge in [-0.05, 0) is 50.0 Å². The van der Waals surface area contributed by atoms with Crippen LogP contribution in [-0.4, -0.2) is 11.1 Å². The third kappa shape index (κ3) is 1.86. The van der Waals surface area contributed by atoms with Gasteiger partial charge in [0.1, 0.15) is 0 Å². The number of carboxylic acid groups (broad SMARTS) is 1. The first-order chi connectivity index (χ1) is 8.09. The van der Waals surface area contributed by atoms with Crippen LogP contribution in [0.15, 0.2) is 24.3 Å². The van der Waals surface area contributed by atoms with Crippen LogP contribution in [0.2, 0.25) is 0 Å². The smallest absolute Gasteiger partial charge is 0.309 e. The Morgan fingerprint density at radius 3 is 2.71 bits per heavy atom. The van der Waals surface area contributed by atoms with Crippen molar-refractivity contribution in [3.63, 3.8) is 0 Å². The molecule has 0 bridgehead atoms. The van der Waals surface area contributed by atoms with Crippen molar-refractivity contribution in [2.75, 3.05) is 0 Å². The Kier molecular flexibility index (Phi) is 2.29. The van der Waals surface area contributed by atoms with E-state index in [9.17, 15) is 9.90 Å². The van der Waals surface area contributed by atoms with Gasteiger partial charge in [-0.2, -0.15) is 0 Å². The highest BCUT2D eigenvalue weighted by molar-refractivity contribution is 5.76. The van der Waals surface area contributed by atoms with Crippen LogP contribution in [0.4, 0.5) is 0 Å². The summed E-state index contributed by atoms with van der Waals surface area (Å²) in [6, 6.07) is 8.26. The number of carboxylic acids is 1. The first kappa shape index (κ1) is 10.8. The zero-order valence-electron chi connectivity index (χ0n) is 10.1. The van der Waals surface area contributed by atoms with Crippen LogP contribution in [-0.2, 0) is 11.2 Å². The second-order valence-electron chi connectivity index (χ2n) is 5.92. The van der Waals surface area contributed by atoms with E-state index < -0.39 is 11.4 Å². The minimum Gasteiger partial charge on any atom is -0.481 e. The number of benzene rings is 1. The second-order valence-corrected chi connectivity index (χ2v) is 5.92. The van der Waals surface area contributed by atoms with E-state index in [1.807, 2.05) is 6.07 Å². The van der Waals surface area contributed by atoms with E-state index in [-0.39, 0.29) is 0 Å². The minimum atomic E-state index is -0.591. The predicted molar refractivity (Wildman–Crippen MR) is 65.8 cm³/mol. The monoisotopic (exact) mass is 230 g/mol. The van der Waals surface area contributed by atoms with Crippen LogP contribution >= 0.6 is 0 Å². The van der Waals surface area contributed by atoms with Gasteiger partial charge in [0.25, 0.3) is 0 Å². The zero-order valence-corrected chi connectivity index (χ0v) is 10.1. The molecule has 0 heterocycles. The molecule has 2 atom stereocenters. The number of carbonyl (C=O) groups is 1. The summed E-state index contributed by atoms with van der Waals surface area (Å²) in [7, 11) is 0. The normalized spacial score (nSPS) is 34.4. The summed E-state index contributed by atoms with van der Waals surface area (Å²) in [5.41, 5.74) is 1.92. The van der Waals surface area contributed by atoms with Gasteiger partial charge in [0, 0.05) is 0 Å². The Balaban J connectivity index is 1.84. The minimum absolute atomic E-state index is 0.471. The maximum atomic E-state index is 11.6. The molecule has 2 aliphatic rings. The molecule has 2 unspecified atom stereocenters. The Morgan fingerprint density at radius 2 is 2.12 bits per heavy atom. The third-order valence-corrected chi connectivity index (χ3v) is 4.45. The van der Waals surface area contributed by atoms with Crippen LogP contribution in [0.5, 0.6) is 0 Å². The van der Waals surface area contributed by atoms with Gasteiger partial charge in [0.15, 0.2) is 0 Å². The summed E-state index contributed by atoms with van der Waals surface area (Å²) in [6.07, 6.45) is 3.75. The lowest BCUT2D eigenvalue weighted by Gasteiger charge is -2.26. The van der Waals surface area contributed by atoms with E-state index in [2.05, 4.69) is 25.1 Å². The molecule has 90 valence electrons. The number of rotatable bonds is 3. The van der Waals surface area contributed by atoms with Crippen LogP contribution in [0.1, 0.15) is 30.4 Å². The Labute approximate surface area is 102 Å². The molecule has 17 heavy (non-hydrogen) atoms. The van der Waals surface area contributed by atoms with Gasteiger partial charge in [-0.15, -0.1) is 0 Å². The van der Waals surface area contributed by atoms with Crippen LogP contribution in [0, 0.1) is 24.2 Å². The fourth-order valence-corrected chi connectivity index (χ4v) is 3.50. The van der Waals surface area contributed by atoms with E-state index in [0.717, 1.165) is 12.8 Å². The van der Waals surface area contributed by atoms with Gasteiger partial charge in [0.05, 0.1) is 5.41 Å². The Hall–Kier alpha value is -1.31. The molecule has 0 aromatic heterocycles. The third-order valence-electron chi connectivity index (χ3n) is 4.45. The highest BCUT2D eigenvalue weighted by Crippen LogP contribution is 2.60. The summed E-state index contributed by atoms with van der Waals surface area (Å²) < 4.78 is 0. The van der Waals surface area contributed by atoms with Crippen LogP contribution < -0.4 is 0 Å². The molecule has 1 aromatic carbocycles. The lowest BCUT2D eigenvalue weighted by molar-refractivity contribution is -0.149. The number of aryl methyl sites for hydroxylation is 1. The molecule has 2 nitrogen and oxygen atoms in total. The number of hydrogen-bond acceptors (Lipinski definition) is 1. The molecule has 2 heteroatoms. The first-order valence-electron chi connectivity index (χ1n) is 6.38. The average Bonchev–Trinajstić information content (AvgIpc) is 2.87. The van der Waals surface area contributed by atoms with Crippen molar-refractivity contribution in [2.45, 2.75) is 32.6 Å². The molecule has 2 saturated carbocycles. The van der Waals surface area contributed by atoms with Crippen LogP contribution in [0.25, 0.3) is 0 Å². The molecule has 0 saturated heterocycles. The maximum absolute atomic E-state index is 11.6. The van der Waals surface area contributed by atoms with E-state index in [1.165, 1.54) is 17.5 Å². The topological polar surface area (TPSA) is 37.3 Å². The SMILES string of the molecule is Cc1cccc(CC2(C(=O)O)CC3CC3C2)c1. The average molecular weight is 230 g/mol. The van der Waals surface area contributed by atoms with Crippen LogP contribution in [0.3, 0.4) is 0 Å². The molecular formula is C15H18O2. The van der Waals surface area contributed by atoms with Crippen molar-refractivity contribution in [1.29, 1.82) is 0 Å². The molecule has 2 aliphatic carbocycles. The van der Waals surface area contributed by atoms with E-state index >= 15 is 0 Å². The number of fused-ring (bicyclic) bond motifs is 1. The van der Waals surface area contributed by atoms with Gasteiger partial charge in [-0.25, -0.2) is 0 Å². The molecule has 0 spiro atoms. The van der Waals surface area contributed by atoms with Gasteiger partial charge >= 0.3 is 5.97 Å². The standard InChI is InChI=1S/C15H18O2/c1-10-3-2-4-11(5-10)7-15(14(16)17)8-12-6-13(12)9-15/h2-5,12-13H,6-9H2,1H3,(H,16,17). The summed E-state index contributed by atoms with van der Waals surface area (Å²) in [6.45, 7) is 2.06. The highest BCUT2D eigenvalue weighted by atomic mass is 16.4. The van der Waals surface area contributed by atoms with Gasteiger partial charge in [-0.3, -0.25) is 4.79 Å². The Morgan fingerprint density at radius 1 is 1.41 bits per heavy atom. The maximum Gasteiger partial charge on any atom is 0.309 e. The molecule has 1 aromatic rings. The molecule has 1 N–H and O–H groups in total. The summed E-state index contributed by atoms with van der Waals surface area (Å²) in [4.78, 5) is 11.6. The summed E-state index contributed by atoms with van der Waals surface area (Å²) in [5, 5.41) is 9.53. The zero-order chi connectivity index (χ0) is 12.0. The van der Waals surface area contributed by atoms with Crippen molar-refractivity contribution < 1.29 is 9.90 Å². The lowest BCUT2D eigenvalue weighted by Crippen LogP contribution is -2.31. The fourth-order valence-electron chi connectivity index (χ4n) is 3.50. The molecule has 0 amide bonds. The number of aliphatic carboxylic acids is 1. The summed E-state index contributed by atoms with van der Waals surface area (Å²) >= 11 is 0. The molecule has 0 aliphatic heterocycles. The van der Waals surface area contributed by atoms with Gasteiger partial charge in [-0.1, -0.05) is 29.8 Å². The van der Waals surface area contributed by atoms with Crippen molar-refractivity contribution in [3.05, 3.63) is 35.4 Å². The molecule has 3 rings (SSSR count). The molecule has 2 fully saturated rings. The Bertz CT molecular complexity index is 454. The lowest BCUT2D eigenvalue weighted by atomic mass is 9.77. The first-order valence-corrected chi connectivity index (χ1v) is 6.38. The van der Waals surface area contributed by atoms with Crippen molar-refractivity contribution in [1.82, 2.24) is 0 Å². The largest absolute Gasteiger partial charge is 0.481 e. The second kappa shape index (κ2) is 3.59. The predicted octanol–water partition coefficient (Wildman–Crippen LogP) is 3.04. The fraction of sp³-hybridized carbons (Fsp3) is 0.533. The van der Waals surface area contributed by atoms with Gasteiger partial charge < -0.3 is 5.11 Å². The molecule has 0 radical (unpaired) electrons. The van der Waals surface area contributed by atoms with Crippen molar-refractivity contribution in [2.24, 2.45) is 17.3 Å². The quantitative estimate of drug-likeness (QED) is 0.866. The van der Waals surface area contributed by atoms with Gasteiger partial charge in [0.2, 0.25) is 0 Å². The van der Waals surface area contributed by atoms with Crippen molar-refractivity contribution in [3.8, 4) is 0 Å². The highest BCUT2D eigenvalue weighted by Gasteiger charge is 2.57. The van der Waals surface area contributed by atoms with E-state index in [1.54, 1.807) is 0 Å². The molecular weight excluding hydrogens is 212 g/mol. The van der Waals surface area contributed by atoms with E-state index in [0.29, 0.717) is 18.3 Å².